The Morgan fingerprint density at radius 2 is 0.680 bits per heavy atom. The highest BCUT2D eigenvalue weighted by Gasteiger charge is 2.77. The number of hydrogen-bond acceptors (Lipinski definition) is 19. The van der Waals surface area contributed by atoms with Gasteiger partial charge in [-0.25, -0.2) is 4.79 Å². The first-order valence-electron chi connectivity index (χ1n) is 41.2. The van der Waals surface area contributed by atoms with Gasteiger partial charge >= 0.3 is 53.7 Å². The standard InChI is InChI=1S/C22H30O6.C21H30O5.C21H30O4.C20H28O4/c1-4-22(2,3)21(25)27-9-16(23)28-15-6-10-5-12(15)18-13-7-11(17(10)18)14-8-26-20(24)19(13)14;1-4-21(2,3)20(24)26-18-12-6-9(13(18)7-22)15-10-5-11(16(12)15)17-14(10)8-25-19(17)23;1-5-21(3,4)20(23)25-18-9(2)10-6-13(18)16-12-7-11(15(10)16)14-8-24-19(22)17(12)14;1-4-20(2,3)19(22)24-14-6-9-5-11(14)16-10-7-12(15(9)16)17-13(10)8-23-18(17)21/h10-15,17-19H,4-9H2,1-3H3;9-18,22H,4-8H2,1-3H3;9-18H,5-8H2,1-4H3;9-17H,4-8H2,1-3H3. The third-order valence-electron chi connectivity index (χ3n) is 35.2. The predicted octanol–water partition coefficient (Wildman–Crippen LogP) is 11.2. The van der Waals surface area contributed by atoms with Gasteiger partial charge in [-0.15, -0.1) is 0 Å². The number of rotatable bonds is 15. The molecule has 16 bridgehead atoms. The Balaban J connectivity index is 0.000000102. The summed E-state index contributed by atoms with van der Waals surface area (Å²) < 4.78 is 50.7. The van der Waals surface area contributed by atoms with Crippen LogP contribution in [-0.2, 0) is 85.8 Å². The molecule has 19 nitrogen and oxygen atoms in total. The zero-order valence-electron chi connectivity index (χ0n) is 63.4. The van der Waals surface area contributed by atoms with Crippen LogP contribution in [0.15, 0.2) is 0 Å². The van der Waals surface area contributed by atoms with E-state index >= 15 is 0 Å². The molecule has 0 amide bonds. The van der Waals surface area contributed by atoms with Crippen LogP contribution in [0.2, 0.25) is 0 Å². The Morgan fingerprint density at radius 3 is 1.12 bits per heavy atom. The minimum absolute atomic E-state index is 0.00211. The lowest BCUT2D eigenvalue weighted by atomic mass is 9.61. The predicted molar refractivity (Wildman–Crippen MR) is 368 cm³/mol. The summed E-state index contributed by atoms with van der Waals surface area (Å²) in [7, 11) is 0. The maximum atomic E-state index is 12.7. The van der Waals surface area contributed by atoms with Crippen LogP contribution in [0.25, 0.3) is 0 Å². The van der Waals surface area contributed by atoms with Gasteiger partial charge in [-0.3, -0.25) is 38.4 Å². The molecule has 568 valence electrons. The normalized spacial score (nSPS) is 49.5. The number of hydrogen-bond donors (Lipinski definition) is 1. The van der Waals surface area contributed by atoms with Crippen molar-refractivity contribution in [1.82, 2.24) is 0 Å². The molecular weight excluding hydrogens is 1310 g/mol. The first-order chi connectivity index (χ1) is 49.0. The second-order valence-corrected chi connectivity index (χ2v) is 40.0. The summed E-state index contributed by atoms with van der Waals surface area (Å²) in [6.45, 7) is 28.0. The second kappa shape index (κ2) is 25.1. The van der Waals surface area contributed by atoms with Gasteiger partial charge in [-0.05, 0) is 287 Å². The Kier molecular flexibility index (Phi) is 17.4. The number of carbonyl (C=O) groups excluding carboxylic acids is 9. The fraction of sp³-hybridized carbons (Fsp3) is 0.893. The quantitative estimate of drug-likeness (QED) is 0.0908. The molecule has 0 aromatic rings. The van der Waals surface area contributed by atoms with Gasteiger partial charge in [0.2, 0.25) is 0 Å². The van der Waals surface area contributed by atoms with Crippen molar-refractivity contribution in [1.29, 1.82) is 0 Å². The van der Waals surface area contributed by atoms with Gasteiger partial charge in [0, 0.05) is 42.1 Å². The van der Waals surface area contributed by atoms with E-state index in [0.717, 1.165) is 63.7 Å². The molecule has 20 fully saturated rings. The number of fused-ring (bicyclic) bond motifs is 48. The van der Waals surface area contributed by atoms with E-state index < -0.39 is 22.2 Å². The molecule has 1 N–H and O–H groups in total. The maximum absolute atomic E-state index is 12.7. The summed E-state index contributed by atoms with van der Waals surface area (Å²) in [4.78, 5) is 111. The third kappa shape index (κ3) is 10.5. The number of esters is 9. The third-order valence-corrected chi connectivity index (χ3v) is 35.2. The van der Waals surface area contributed by atoms with Crippen LogP contribution in [0, 0.1) is 223 Å². The van der Waals surface area contributed by atoms with Crippen molar-refractivity contribution in [2.75, 3.05) is 39.6 Å². The number of cyclic esters (lactones) is 4. The summed E-state index contributed by atoms with van der Waals surface area (Å²) in [6, 6.07) is 0. The number of ether oxygens (including phenoxy) is 9. The topological polar surface area (TPSA) is 257 Å². The van der Waals surface area contributed by atoms with Crippen LogP contribution in [0.3, 0.4) is 0 Å². The van der Waals surface area contributed by atoms with E-state index in [4.69, 9.17) is 42.6 Å². The van der Waals surface area contributed by atoms with Crippen LogP contribution in [0.5, 0.6) is 0 Å². The lowest BCUT2D eigenvalue weighted by molar-refractivity contribution is -0.172. The maximum Gasteiger partial charge on any atom is 0.344 e. The number of aliphatic hydroxyl groups is 1. The molecule has 0 radical (unpaired) electrons. The van der Waals surface area contributed by atoms with Crippen LogP contribution in [0.4, 0.5) is 0 Å². The van der Waals surface area contributed by atoms with Gasteiger partial charge in [0.25, 0.3) is 0 Å². The molecule has 16 aliphatic carbocycles. The average Bonchev–Trinajstić information content (AvgIpc) is 1.54. The van der Waals surface area contributed by atoms with Gasteiger partial charge in [-0.2, -0.15) is 0 Å². The van der Waals surface area contributed by atoms with Crippen molar-refractivity contribution in [2.24, 2.45) is 223 Å². The van der Waals surface area contributed by atoms with Crippen molar-refractivity contribution in [3.63, 3.8) is 0 Å². The van der Waals surface area contributed by atoms with E-state index in [1.165, 1.54) is 25.7 Å². The van der Waals surface area contributed by atoms with Crippen LogP contribution in [-0.4, -0.2) is 123 Å². The highest BCUT2D eigenvalue weighted by molar-refractivity contribution is 5.81. The molecule has 103 heavy (non-hydrogen) atoms. The molecule has 38 unspecified atom stereocenters. The van der Waals surface area contributed by atoms with Crippen LogP contribution < -0.4 is 0 Å². The minimum atomic E-state index is -0.588. The van der Waals surface area contributed by atoms with Crippen molar-refractivity contribution in [2.45, 2.75) is 204 Å². The molecule has 20 aliphatic rings. The zero-order chi connectivity index (χ0) is 72.6. The lowest BCUT2D eigenvalue weighted by Gasteiger charge is -2.45. The van der Waals surface area contributed by atoms with Crippen molar-refractivity contribution < 1.29 is 90.9 Å². The SMILES string of the molecule is CCC(C)(C)C(=O)OC1C(C)C2CC1C1C3CC(C4COC(=O)C43)C21.CCC(C)(C)C(=O)OC1C(CO)C2CC1C1C3CC(C4COC(=O)C43)C21.CCC(C)(C)C(=O)OC1CC2CC1C1C3CC(C4C(=O)OCC34)C21.CCC(C)(C)C(=O)OCC(=O)OC1CC2CC1C1C3CC(C4COC(=O)C43)C21. The number of aliphatic hydroxyl groups excluding tert-OH is 1. The molecule has 4 aliphatic heterocycles. The second-order valence-electron chi connectivity index (χ2n) is 40.0. The van der Waals surface area contributed by atoms with Crippen molar-refractivity contribution in [3.05, 3.63) is 0 Å². The Hall–Kier alpha value is -4.81. The molecule has 20 rings (SSSR count). The zero-order valence-corrected chi connectivity index (χ0v) is 63.4. The largest absolute Gasteiger partial charge is 0.465 e. The molecule has 0 aromatic heterocycles. The van der Waals surface area contributed by atoms with Crippen LogP contribution in [0.1, 0.15) is 180 Å². The smallest absolute Gasteiger partial charge is 0.344 e. The van der Waals surface area contributed by atoms with Crippen molar-refractivity contribution in [3.8, 4) is 0 Å². The molecule has 4 heterocycles. The Bertz CT molecular complexity index is 3460. The molecule has 0 aromatic carbocycles. The molecule has 16 saturated carbocycles. The molecule has 4 saturated heterocycles. The van der Waals surface area contributed by atoms with Gasteiger partial charge in [0.15, 0.2) is 6.61 Å². The van der Waals surface area contributed by atoms with Gasteiger partial charge in [0.05, 0.1) is 71.8 Å². The minimum Gasteiger partial charge on any atom is -0.465 e. The van der Waals surface area contributed by atoms with E-state index in [1.807, 2.05) is 83.1 Å². The lowest BCUT2D eigenvalue weighted by Crippen LogP contribution is -2.49. The van der Waals surface area contributed by atoms with Gasteiger partial charge < -0.3 is 47.7 Å². The highest BCUT2D eigenvalue weighted by atomic mass is 16.6. The average molecular weight is 1430 g/mol. The van der Waals surface area contributed by atoms with Gasteiger partial charge in [0.1, 0.15) is 24.4 Å². The van der Waals surface area contributed by atoms with E-state index in [-0.39, 0.29) is 120 Å². The molecule has 38 atom stereocenters. The van der Waals surface area contributed by atoms with Gasteiger partial charge in [-0.1, -0.05) is 34.6 Å². The summed E-state index contributed by atoms with van der Waals surface area (Å²) in [5.41, 5.74) is -1.87. The molecular formula is C84H118O19. The highest BCUT2D eigenvalue weighted by Crippen LogP contribution is 2.77. The monoisotopic (exact) mass is 1430 g/mol. The Morgan fingerprint density at radius 1 is 0.359 bits per heavy atom. The fourth-order valence-electron chi connectivity index (χ4n) is 29.5. The fourth-order valence-corrected chi connectivity index (χ4v) is 29.5. The first kappa shape index (κ1) is 71.1. The summed E-state index contributed by atoms with van der Waals surface area (Å²) >= 11 is 0. The Labute approximate surface area is 608 Å². The number of carbonyl (C=O) groups is 9. The summed E-state index contributed by atoms with van der Waals surface area (Å²) in [5.74, 6) is 15.2. The van der Waals surface area contributed by atoms with Crippen LogP contribution >= 0.6 is 0 Å². The summed E-state index contributed by atoms with van der Waals surface area (Å²) in [5, 5.41) is 10.1. The van der Waals surface area contributed by atoms with E-state index in [1.54, 1.807) is 0 Å². The van der Waals surface area contributed by atoms with E-state index in [9.17, 15) is 48.3 Å². The van der Waals surface area contributed by atoms with E-state index in [2.05, 4.69) is 6.92 Å². The van der Waals surface area contributed by atoms with Crippen molar-refractivity contribution >= 4 is 53.7 Å². The molecule has 0 spiro atoms. The first-order valence-corrected chi connectivity index (χ1v) is 41.2. The van der Waals surface area contributed by atoms with E-state index in [0.29, 0.717) is 199 Å². The molecule has 19 heteroatoms. The summed E-state index contributed by atoms with van der Waals surface area (Å²) in [6.07, 6.45) is 14.1.